The SMILES string of the molecule is COC(CN(C(=O)[C@@H](N)Cc1ccc(OCC(C)C)cc1)[C@@H](Cc1ccc(OCC(C)C)cc1)C(=O)OC(C)(C)C)OC. The van der Waals surface area contributed by atoms with Crippen molar-refractivity contribution in [1.82, 2.24) is 4.90 Å². The van der Waals surface area contributed by atoms with Crippen molar-refractivity contribution in [3.63, 3.8) is 0 Å². The molecule has 2 aromatic carbocycles. The predicted octanol–water partition coefficient (Wildman–Crippen LogP) is 5.03. The van der Waals surface area contributed by atoms with Crippen LogP contribution in [0, 0.1) is 11.8 Å². The molecular formula is C34H52N2O7. The molecule has 0 unspecified atom stereocenters. The van der Waals surface area contributed by atoms with Gasteiger partial charge in [-0.1, -0.05) is 52.0 Å². The minimum atomic E-state index is -0.972. The van der Waals surface area contributed by atoms with Gasteiger partial charge in [-0.2, -0.15) is 0 Å². The van der Waals surface area contributed by atoms with Crippen LogP contribution in [0.1, 0.15) is 59.6 Å². The summed E-state index contributed by atoms with van der Waals surface area (Å²) in [6, 6.07) is 13.2. The van der Waals surface area contributed by atoms with Gasteiger partial charge < -0.3 is 34.3 Å². The Morgan fingerprint density at radius 3 is 1.60 bits per heavy atom. The number of hydrogen-bond donors (Lipinski definition) is 1. The first kappa shape index (κ1) is 36.1. The molecule has 0 fully saturated rings. The summed E-state index contributed by atoms with van der Waals surface area (Å²) in [6.45, 7) is 14.9. The Bertz CT molecular complexity index is 1110. The molecule has 2 aromatic rings. The Labute approximate surface area is 258 Å². The van der Waals surface area contributed by atoms with Crippen molar-refractivity contribution in [2.75, 3.05) is 34.0 Å². The van der Waals surface area contributed by atoms with Crippen LogP contribution in [0.3, 0.4) is 0 Å². The standard InChI is InChI=1S/C34H52N2O7/c1-23(2)21-41-27-14-10-25(11-15-27)18-29(35)32(37)36(20-31(39-8)40-9)30(33(38)43-34(5,6)7)19-26-12-16-28(17-13-26)42-22-24(3)4/h10-17,23-24,29-31H,18-22,35H2,1-9H3/t29-,30-/m0/s1. The molecule has 9 nitrogen and oxygen atoms in total. The van der Waals surface area contributed by atoms with Gasteiger partial charge in [0, 0.05) is 20.6 Å². The Morgan fingerprint density at radius 2 is 1.21 bits per heavy atom. The topological polar surface area (TPSA) is 110 Å². The third kappa shape index (κ3) is 12.9. The average molecular weight is 601 g/mol. The van der Waals surface area contributed by atoms with Crippen molar-refractivity contribution < 1.29 is 33.3 Å². The molecule has 0 aliphatic rings. The molecule has 1 amide bonds. The molecule has 0 aliphatic heterocycles. The maximum absolute atomic E-state index is 14.0. The first-order valence-electron chi connectivity index (χ1n) is 15.0. The Kier molecular flexibility index (Phi) is 14.4. The number of ether oxygens (including phenoxy) is 5. The fraction of sp³-hybridized carbons (Fsp3) is 0.588. The van der Waals surface area contributed by atoms with Gasteiger partial charge in [-0.3, -0.25) is 4.79 Å². The number of amides is 1. The van der Waals surface area contributed by atoms with Crippen LogP contribution >= 0.6 is 0 Å². The van der Waals surface area contributed by atoms with E-state index < -0.39 is 35.9 Å². The first-order valence-corrected chi connectivity index (χ1v) is 15.0. The summed E-state index contributed by atoms with van der Waals surface area (Å²) in [5.41, 5.74) is 7.46. The fourth-order valence-electron chi connectivity index (χ4n) is 4.21. The molecule has 0 bridgehead atoms. The molecule has 0 spiro atoms. The zero-order valence-corrected chi connectivity index (χ0v) is 27.4. The molecule has 0 saturated carbocycles. The molecule has 0 saturated heterocycles. The highest BCUT2D eigenvalue weighted by molar-refractivity contribution is 5.88. The van der Waals surface area contributed by atoms with E-state index in [4.69, 9.17) is 29.4 Å². The Balaban J connectivity index is 2.35. The molecule has 240 valence electrons. The second-order valence-corrected chi connectivity index (χ2v) is 12.7. The highest BCUT2D eigenvalue weighted by Crippen LogP contribution is 2.21. The summed E-state index contributed by atoms with van der Waals surface area (Å²) in [4.78, 5) is 29.1. The number of methoxy groups -OCH3 is 2. The number of nitrogens with zero attached hydrogens (tertiary/aromatic N) is 1. The summed E-state index contributed by atoms with van der Waals surface area (Å²) in [7, 11) is 2.97. The van der Waals surface area contributed by atoms with E-state index in [1.807, 2.05) is 48.5 Å². The van der Waals surface area contributed by atoms with E-state index in [0.717, 1.165) is 22.6 Å². The van der Waals surface area contributed by atoms with Crippen LogP contribution in [0.2, 0.25) is 0 Å². The molecule has 43 heavy (non-hydrogen) atoms. The maximum atomic E-state index is 14.0. The van der Waals surface area contributed by atoms with Crippen LogP contribution in [0.5, 0.6) is 11.5 Å². The maximum Gasteiger partial charge on any atom is 0.329 e. The lowest BCUT2D eigenvalue weighted by Crippen LogP contribution is -2.56. The third-order valence-electron chi connectivity index (χ3n) is 6.42. The van der Waals surface area contributed by atoms with E-state index in [2.05, 4.69) is 27.7 Å². The molecule has 9 heteroatoms. The number of rotatable bonds is 17. The van der Waals surface area contributed by atoms with Crippen molar-refractivity contribution in [3.05, 3.63) is 59.7 Å². The largest absolute Gasteiger partial charge is 0.493 e. The quantitative estimate of drug-likeness (QED) is 0.199. The molecule has 0 heterocycles. The minimum Gasteiger partial charge on any atom is -0.493 e. The van der Waals surface area contributed by atoms with Crippen molar-refractivity contribution in [2.45, 2.75) is 85.3 Å². The Morgan fingerprint density at radius 1 is 0.767 bits per heavy atom. The first-order chi connectivity index (χ1) is 20.2. The zero-order chi connectivity index (χ0) is 32.2. The number of esters is 1. The lowest BCUT2D eigenvalue weighted by molar-refractivity contribution is -0.171. The smallest absolute Gasteiger partial charge is 0.329 e. The number of carbonyl (C=O) groups is 2. The molecule has 0 aromatic heterocycles. The van der Waals surface area contributed by atoms with E-state index in [1.165, 1.54) is 19.1 Å². The van der Waals surface area contributed by atoms with Crippen LogP contribution in [-0.2, 0) is 36.6 Å². The van der Waals surface area contributed by atoms with E-state index >= 15 is 0 Å². The van der Waals surface area contributed by atoms with Gasteiger partial charge in [0.05, 0.1) is 25.8 Å². The zero-order valence-electron chi connectivity index (χ0n) is 27.4. The van der Waals surface area contributed by atoms with Crippen LogP contribution in [0.25, 0.3) is 0 Å². The van der Waals surface area contributed by atoms with Gasteiger partial charge in [-0.15, -0.1) is 0 Å². The van der Waals surface area contributed by atoms with E-state index in [-0.39, 0.29) is 19.4 Å². The van der Waals surface area contributed by atoms with Gasteiger partial charge in [0.1, 0.15) is 23.1 Å². The molecule has 2 rings (SSSR count). The van der Waals surface area contributed by atoms with Gasteiger partial charge >= 0.3 is 5.97 Å². The number of nitrogens with two attached hydrogens (primary N) is 1. The fourth-order valence-corrected chi connectivity index (χ4v) is 4.21. The molecular weight excluding hydrogens is 548 g/mol. The summed E-state index contributed by atoms with van der Waals surface area (Å²) in [5.74, 6) is 1.35. The van der Waals surface area contributed by atoms with Gasteiger partial charge in [0.15, 0.2) is 6.29 Å². The Hall–Kier alpha value is -3.14. The van der Waals surface area contributed by atoms with Crippen LogP contribution in [0.4, 0.5) is 0 Å². The van der Waals surface area contributed by atoms with Crippen molar-refractivity contribution >= 4 is 11.9 Å². The van der Waals surface area contributed by atoms with Crippen LogP contribution in [0.15, 0.2) is 48.5 Å². The van der Waals surface area contributed by atoms with Crippen LogP contribution in [-0.4, -0.2) is 74.7 Å². The summed E-state index contributed by atoms with van der Waals surface area (Å²) < 4.78 is 28.3. The van der Waals surface area contributed by atoms with Crippen molar-refractivity contribution in [1.29, 1.82) is 0 Å². The third-order valence-corrected chi connectivity index (χ3v) is 6.42. The lowest BCUT2D eigenvalue weighted by Gasteiger charge is -2.35. The number of hydrogen-bond acceptors (Lipinski definition) is 8. The monoisotopic (exact) mass is 600 g/mol. The molecule has 0 radical (unpaired) electrons. The summed E-state index contributed by atoms with van der Waals surface area (Å²) >= 11 is 0. The molecule has 2 N–H and O–H groups in total. The summed E-state index contributed by atoms with van der Waals surface area (Å²) in [6.07, 6.45) is -0.293. The predicted molar refractivity (Wildman–Crippen MR) is 168 cm³/mol. The van der Waals surface area contributed by atoms with E-state index in [1.54, 1.807) is 20.8 Å². The summed E-state index contributed by atoms with van der Waals surface area (Å²) in [5, 5.41) is 0. The van der Waals surface area contributed by atoms with Gasteiger partial charge in [0.2, 0.25) is 5.91 Å². The number of carbonyl (C=O) groups excluding carboxylic acids is 2. The van der Waals surface area contributed by atoms with Gasteiger partial charge in [-0.05, 0) is 74.4 Å². The van der Waals surface area contributed by atoms with Crippen molar-refractivity contribution in [2.24, 2.45) is 17.6 Å². The second-order valence-electron chi connectivity index (χ2n) is 12.7. The number of benzene rings is 2. The lowest BCUT2D eigenvalue weighted by atomic mass is 10.0. The highest BCUT2D eigenvalue weighted by Gasteiger charge is 2.37. The van der Waals surface area contributed by atoms with Crippen LogP contribution < -0.4 is 15.2 Å². The van der Waals surface area contributed by atoms with E-state index in [0.29, 0.717) is 25.0 Å². The average Bonchev–Trinajstić information content (AvgIpc) is 2.94. The normalized spacial score (nSPS) is 13.2. The van der Waals surface area contributed by atoms with Crippen molar-refractivity contribution in [3.8, 4) is 11.5 Å². The minimum absolute atomic E-state index is 0.0129. The highest BCUT2D eigenvalue weighted by atomic mass is 16.7. The molecule has 2 atom stereocenters. The van der Waals surface area contributed by atoms with E-state index in [9.17, 15) is 9.59 Å². The second kappa shape index (κ2) is 17.2. The van der Waals surface area contributed by atoms with Gasteiger partial charge in [0.25, 0.3) is 0 Å². The molecule has 0 aliphatic carbocycles. The van der Waals surface area contributed by atoms with Gasteiger partial charge in [-0.25, -0.2) is 4.79 Å².